The van der Waals surface area contributed by atoms with Gasteiger partial charge in [0.15, 0.2) is 5.65 Å². The lowest BCUT2D eigenvalue weighted by Crippen LogP contribution is -2.06. The van der Waals surface area contributed by atoms with E-state index in [1.165, 1.54) is 6.07 Å². The summed E-state index contributed by atoms with van der Waals surface area (Å²) in [7, 11) is 1.63. The van der Waals surface area contributed by atoms with E-state index in [1.54, 1.807) is 31.5 Å². The van der Waals surface area contributed by atoms with Crippen molar-refractivity contribution < 1.29 is 9.13 Å². The molecule has 0 aliphatic heterocycles. The number of hydrogen-bond acceptors (Lipinski definition) is 6. The molecule has 2 aromatic heterocycles. The molecule has 154 valence electrons. The molecular formula is C22H23FN6O. The Balaban J connectivity index is 1.68. The van der Waals surface area contributed by atoms with Crippen LogP contribution >= 0.6 is 0 Å². The number of anilines is 4. The number of nitrogens with zero attached hydrogens (tertiary/aromatic N) is 4. The maximum atomic E-state index is 14.1. The fourth-order valence-corrected chi connectivity index (χ4v) is 3.09. The monoisotopic (exact) mass is 406 g/mol. The van der Waals surface area contributed by atoms with Crippen LogP contribution in [0, 0.1) is 5.82 Å². The Labute approximate surface area is 174 Å². The minimum Gasteiger partial charge on any atom is -0.497 e. The van der Waals surface area contributed by atoms with Crippen LogP contribution in [-0.4, -0.2) is 26.6 Å². The van der Waals surface area contributed by atoms with Gasteiger partial charge in [0.05, 0.1) is 19.0 Å². The van der Waals surface area contributed by atoms with E-state index in [2.05, 4.69) is 32.5 Å². The smallest absolute Gasteiger partial charge is 0.229 e. The second-order valence-electron chi connectivity index (χ2n) is 6.80. The van der Waals surface area contributed by atoms with Gasteiger partial charge in [0, 0.05) is 12.2 Å². The van der Waals surface area contributed by atoms with Gasteiger partial charge in [-0.15, -0.1) is 0 Å². The van der Waals surface area contributed by atoms with Crippen LogP contribution < -0.4 is 15.4 Å². The fourth-order valence-electron chi connectivity index (χ4n) is 3.09. The predicted molar refractivity (Wildman–Crippen MR) is 116 cm³/mol. The standard InChI is InChI=1S/C22H23FN6O/c1-3-4-13-29-20-19(27-22(29)26-18-8-6-5-7-17(18)23)14-24-21(28-20)25-15-9-11-16(30-2)12-10-15/h5-12,14H,3-4,13H2,1-2H3,(H,26,27)(H,24,25,28). The van der Waals surface area contributed by atoms with Crippen molar-refractivity contribution in [1.29, 1.82) is 0 Å². The normalized spacial score (nSPS) is 10.9. The highest BCUT2D eigenvalue weighted by atomic mass is 19.1. The van der Waals surface area contributed by atoms with Gasteiger partial charge in [-0.1, -0.05) is 25.5 Å². The summed E-state index contributed by atoms with van der Waals surface area (Å²) >= 11 is 0. The molecule has 0 unspecified atom stereocenters. The highest BCUT2D eigenvalue weighted by molar-refractivity contribution is 5.77. The zero-order chi connectivity index (χ0) is 20.9. The quantitative estimate of drug-likeness (QED) is 0.416. The van der Waals surface area contributed by atoms with Crippen molar-refractivity contribution in [2.75, 3.05) is 17.7 Å². The first-order valence-electron chi connectivity index (χ1n) is 9.84. The van der Waals surface area contributed by atoms with Gasteiger partial charge in [-0.3, -0.25) is 4.57 Å². The van der Waals surface area contributed by atoms with E-state index in [1.807, 2.05) is 28.8 Å². The number of unbranched alkanes of at least 4 members (excludes halogenated alkanes) is 1. The van der Waals surface area contributed by atoms with Gasteiger partial charge < -0.3 is 15.4 Å². The molecule has 4 aromatic rings. The highest BCUT2D eigenvalue weighted by Crippen LogP contribution is 2.25. The van der Waals surface area contributed by atoms with Crippen molar-refractivity contribution >= 4 is 34.4 Å². The lowest BCUT2D eigenvalue weighted by atomic mass is 10.3. The van der Waals surface area contributed by atoms with E-state index in [4.69, 9.17) is 4.74 Å². The van der Waals surface area contributed by atoms with Gasteiger partial charge in [-0.05, 0) is 42.8 Å². The number of fused-ring (bicyclic) bond motifs is 1. The number of imidazole rings is 1. The van der Waals surface area contributed by atoms with Crippen molar-refractivity contribution in [1.82, 2.24) is 19.5 Å². The molecule has 0 bridgehead atoms. The predicted octanol–water partition coefficient (Wildman–Crippen LogP) is 5.26. The SMILES string of the molecule is CCCCn1c(Nc2ccccc2F)nc2cnc(Nc3ccc(OC)cc3)nc21. The third kappa shape index (κ3) is 4.17. The highest BCUT2D eigenvalue weighted by Gasteiger charge is 2.15. The summed E-state index contributed by atoms with van der Waals surface area (Å²) in [4.78, 5) is 13.6. The van der Waals surface area contributed by atoms with Crippen LogP contribution in [0.2, 0.25) is 0 Å². The number of benzene rings is 2. The van der Waals surface area contributed by atoms with E-state index in [9.17, 15) is 4.39 Å². The summed E-state index contributed by atoms with van der Waals surface area (Å²) in [5.74, 6) is 1.44. The molecule has 0 fully saturated rings. The minimum atomic E-state index is -0.334. The third-order valence-electron chi connectivity index (χ3n) is 4.69. The van der Waals surface area contributed by atoms with Crippen LogP contribution in [0.15, 0.2) is 54.7 Å². The summed E-state index contributed by atoms with van der Waals surface area (Å²) in [5.41, 5.74) is 2.55. The molecule has 30 heavy (non-hydrogen) atoms. The third-order valence-corrected chi connectivity index (χ3v) is 4.69. The Bertz CT molecular complexity index is 1140. The summed E-state index contributed by atoms with van der Waals surface area (Å²) < 4.78 is 21.3. The van der Waals surface area contributed by atoms with Gasteiger partial charge in [-0.25, -0.2) is 14.4 Å². The Hall–Kier alpha value is -3.68. The number of para-hydroxylation sites is 1. The van der Waals surface area contributed by atoms with E-state index in [0.717, 1.165) is 24.3 Å². The summed E-state index contributed by atoms with van der Waals surface area (Å²) in [6.07, 6.45) is 3.63. The second-order valence-corrected chi connectivity index (χ2v) is 6.80. The molecule has 0 aliphatic carbocycles. The summed E-state index contributed by atoms with van der Waals surface area (Å²) in [6, 6.07) is 14.0. The maximum Gasteiger partial charge on any atom is 0.229 e. The Morgan fingerprint density at radius 2 is 1.83 bits per heavy atom. The van der Waals surface area contributed by atoms with Crippen LogP contribution in [0.5, 0.6) is 5.75 Å². The summed E-state index contributed by atoms with van der Waals surface area (Å²) in [5, 5.41) is 6.30. The molecule has 4 rings (SSSR count). The molecule has 0 radical (unpaired) electrons. The number of rotatable bonds is 8. The zero-order valence-corrected chi connectivity index (χ0v) is 16.9. The molecule has 0 aliphatic rings. The summed E-state index contributed by atoms with van der Waals surface area (Å²) in [6.45, 7) is 2.83. The van der Waals surface area contributed by atoms with E-state index in [-0.39, 0.29) is 5.82 Å². The number of ether oxygens (including phenoxy) is 1. The maximum absolute atomic E-state index is 14.1. The molecule has 0 saturated heterocycles. The van der Waals surface area contributed by atoms with E-state index in [0.29, 0.717) is 35.3 Å². The van der Waals surface area contributed by atoms with Gasteiger partial charge >= 0.3 is 0 Å². The van der Waals surface area contributed by atoms with Crippen LogP contribution in [-0.2, 0) is 6.54 Å². The molecule has 7 nitrogen and oxygen atoms in total. The van der Waals surface area contributed by atoms with Gasteiger partial charge in [0.2, 0.25) is 11.9 Å². The number of aryl methyl sites for hydroxylation is 1. The molecule has 0 atom stereocenters. The second kappa shape index (κ2) is 8.77. The van der Waals surface area contributed by atoms with Crippen LogP contribution in [0.3, 0.4) is 0 Å². The zero-order valence-electron chi connectivity index (χ0n) is 16.9. The first-order chi connectivity index (χ1) is 14.7. The van der Waals surface area contributed by atoms with Crippen LogP contribution in [0.25, 0.3) is 11.2 Å². The fraction of sp³-hybridized carbons (Fsp3) is 0.227. The average Bonchev–Trinajstić information content (AvgIpc) is 3.10. The molecule has 2 heterocycles. The number of hydrogen-bond donors (Lipinski definition) is 2. The Morgan fingerprint density at radius 3 is 2.57 bits per heavy atom. The lowest BCUT2D eigenvalue weighted by molar-refractivity contribution is 0.415. The van der Waals surface area contributed by atoms with Crippen molar-refractivity contribution in [3.8, 4) is 5.75 Å². The van der Waals surface area contributed by atoms with Crippen molar-refractivity contribution in [2.45, 2.75) is 26.3 Å². The van der Waals surface area contributed by atoms with Crippen molar-refractivity contribution in [3.63, 3.8) is 0 Å². The number of nitrogens with one attached hydrogen (secondary N) is 2. The van der Waals surface area contributed by atoms with Gasteiger partial charge in [0.25, 0.3) is 0 Å². The number of aromatic nitrogens is 4. The topological polar surface area (TPSA) is 76.9 Å². The largest absolute Gasteiger partial charge is 0.497 e. The van der Waals surface area contributed by atoms with Gasteiger partial charge in [-0.2, -0.15) is 4.98 Å². The van der Waals surface area contributed by atoms with Crippen molar-refractivity contribution in [3.05, 3.63) is 60.5 Å². The molecule has 0 amide bonds. The Kier molecular flexibility index (Phi) is 5.74. The Morgan fingerprint density at radius 1 is 1.03 bits per heavy atom. The van der Waals surface area contributed by atoms with Crippen LogP contribution in [0.4, 0.5) is 27.7 Å². The average molecular weight is 406 g/mol. The minimum absolute atomic E-state index is 0.334. The van der Waals surface area contributed by atoms with Gasteiger partial charge in [0.1, 0.15) is 17.1 Å². The molecule has 0 saturated carbocycles. The molecule has 0 spiro atoms. The lowest BCUT2D eigenvalue weighted by Gasteiger charge is -2.11. The molecule has 2 N–H and O–H groups in total. The van der Waals surface area contributed by atoms with E-state index < -0.39 is 0 Å². The first-order valence-corrected chi connectivity index (χ1v) is 9.84. The molecule has 8 heteroatoms. The number of halogens is 1. The number of methoxy groups -OCH3 is 1. The van der Waals surface area contributed by atoms with Crippen LogP contribution in [0.1, 0.15) is 19.8 Å². The molecule has 2 aromatic carbocycles. The van der Waals surface area contributed by atoms with E-state index >= 15 is 0 Å². The molecular weight excluding hydrogens is 383 g/mol. The first kappa shape index (κ1) is 19.6. The van der Waals surface area contributed by atoms with Crippen molar-refractivity contribution in [2.24, 2.45) is 0 Å².